The Balaban J connectivity index is 1.90. The third-order valence-corrected chi connectivity index (χ3v) is 3.27. The van der Waals surface area contributed by atoms with E-state index in [1.165, 1.54) is 18.6 Å². The minimum Gasteiger partial charge on any atom is -0.466 e. The molecule has 0 aliphatic heterocycles. The second-order valence-corrected chi connectivity index (χ2v) is 5.09. The summed E-state index contributed by atoms with van der Waals surface area (Å²) in [5.41, 5.74) is 1.08. The third kappa shape index (κ3) is 3.38. The SMILES string of the molecule is Fc1cc(-c2cn3c(Br)nnc3cn2)cnc1OCC(F)(F)F. The number of hydrogen-bond donors (Lipinski definition) is 0. The zero-order chi connectivity index (χ0) is 16.6. The van der Waals surface area contributed by atoms with Crippen molar-refractivity contribution >= 4 is 21.6 Å². The van der Waals surface area contributed by atoms with Gasteiger partial charge in [0.15, 0.2) is 18.1 Å². The number of rotatable bonds is 3. The molecule has 0 saturated carbocycles. The van der Waals surface area contributed by atoms with E-state index < -0.39 is 24.5 Å². The molecule has 3 aromatic rings. The standard InChI is InChI=1S/C12H6BrF4N5O/c13-11-21-20-9-3-18-8(4-22(9)11)6-1-7(14)10(19-2-6)23-5-12(15,16)17/h1-4H,5H2. The molecule has 0 radical (unpaired) electrons. The van der Waals surface area contributed by atoms with Crippen molar-refractivity contribution in [2.45, 2.75) is 6.18 Å². The zero-order valence-corrected chi connectivity index (χ0v) is 12.6. The smallest absolute Gasteiger partial charge is 0.422 e. The Hall–Kier alpha value is -2.30. The summed E-state index contributed by atoms with van der Waals surface area (Å²) in [6.07, 6.45) is -0.452. The maximum Gasteiger partial charge on any atom is 0.422 e. The lowest BCUT2D eigenvalue weighted by atomic mass is 10.2. The van der Waals surface area contributed by atoms with E-state index in [1.54, 1.807) is 4.40 Å². The molecule has 0 aromatic carbocycles. The Bertz CT molecular complexity index is 866. The first-order valence-electron chi connectivity index (χ1n) is 6.05. The van der Waals surface area contributed by atoms with Crippen LogP contribution in [0.4, 0.5) is 17.6 Å². The minimum atomic E-state index is -4.57. The van der Waals surface area contributed by atoms with Crippen molar-refractivity contribution in [3.8, 4) is 17.1 Å². The Labute approximate surface area is 134 Å². The monoisotopic (exact) mass is 391 g/mol. The largest absolute Gasteiger partial charge is 0.466 e. The van der Waals surface area contributed by atoms with Gasteiger partial charge in [0.25, 0.3) is 5.88 Å². The van der Waals surface area contributed by atoms with Crippen molar-refractivity contribution < 1.29 is 22.3 Å². The fourth-order valence-corrected chi connectivity index (χ4v) is 2.11. The topological polar surface area (TPSA) is 65.2 Å². The Morgan fingerprint density at radius 3 is 2.65 bits per heavy atom. The van der Waals surface area contributed by atoms with Crippen LogP contribution >= 0.6 is 15.9 Å². The highest BCUT2D eigenvalue weighted by Crippen LogP contribution is 2.24. The number of ether oxygens (including phenoxy) is 1. The van der Waals surface area contributed by atoms with E-state index in [2.05, 4.69) is 40.8 Å². The number of halogens is 5. The fourth-order valence-electron chi connectivity index (χ4n) is 1.74. The normalized spacial score (nSPS) is 11.9. The van der Waals surface area contributed by atoms with Crippen LogP contribution in [-0.4, -0.2) is 37.3 Å². The highest BCUT2D eigenvalue weighted by molar-refractivity contribution is 9.10. The average Bonchev–Trinajstić information content (AvgIpc) is 2.86. The van der Waals surface area contributed by atoms with Gasteiger partial charge in [-0.1, -0.05) is 0 Å². The highest BCUT2D eigenvalue weighted by atomic mass is 79.9. The average molecular weight is 392 g/mol. The van der Waals surface area contributed by atoms with E-state index in [0.717, 1.165) is 6.07 Å². The molecule has 0 unspecified atom stereocenters. The number of nitrogens with zero attached hydrogens (tertiary/aromatic N) is 5. The molecule has 6 nitrogen and oxygen atoms in total. The number of alkyl halides is 3. The first kappa shape index (κ1) is 15.6. The molecule has 11 heteroatoms. The van der Waals surface area contributed by atoms with Crippen LogP contribution in [0.2, 0.25) is 0 Å². The molecule has 3 rings (SSSR count). The summed E-state index contributed by atoms with van der Waals surface area (Å²) < 4.78 is 56.3. The number of pyridine rings is 1. The summed E-state index contributed by atoms with van der Waals surface area (Å²) in [6.45, 7) is -1.62. The fraction of sp³-hybridized carbons (Fsp3) is 0.167. The predicted octanol–water partition coefficient (Wildman–Crippen LogP) is 3.03. The van der Waals surface area contributed by atoms with Gasteiger partial charge in [0.2, 0.25) is 4.73 Å². The predicted molar refractivity (Wildman–Crippen MR) is 73.2 cm³/mol. The van der Waals surface area contributed by atoms with Gasteiger partial charge in [0.05, 0.1) is 11.9 Å². The molecule has 0 spiro atoms. The van der Waals surface area contributed by atoms with Gasteiger partial charge in [-0.25, -0.2) is 9.37 Å². The molecule has 0 N–H and O–H groups in total. The number of aromatic nitrogens is 5. The molecule has 0 amide bonds. The first-order chi connectivity index (χ1) is 10.8. The van der Waals surface area contributed by atoms with Crippen LogP contribution in [0.1, 0.15) is 0 Å². The van der Waals surface area contributed by atoms with Crippen LogP contribution in [0.3, 0.4) is 0 Å². The van der Waals surface area contributed by atoms with Crippen LogP contribution < -0.4 is 4.74 Å². The lowest BCUT2D eigenvalue weighted by molar-refractivity contribution is -0.154. The van der Waals surface area contributed by atoms with E-state index in [1.807, 2.05) is 0 Å². The van der Waals surface area contributed by atoms with Crippen LogP contribution in [-0.2, 0) is 0 Å². The third-order valence-electron chi connectivity index (χ3n) is 2.73. The van der Waals surface area contributed by atoms with Gasteiger partial charge >= 0.3 is 6.18 Å². The van der Waals surface area contributed by atoms with E-state index in [0.29, 0.717) is 16.1 Å². The lowest BCUT2D eigenvalue weighted by Gasteiger charge is -2.09. The molecule has 0 aliphatic rings. The Morgan fingerprint density at radius 2 is 1.96 bits per heavy atom. The van der Waals surface area contributed by atoms with Crippen molar-refractivity contribution in [3.63, 3.8) is 0 Å². The van der Waals surface area contributed by atoms with Gasteiger partial charge in [0, 0.05) is 18.0 Å². The molecule has 3 heterocycles. The Kier molecular flexibility index (Phi) is 3.88. The summed E-state index contributed by atoms with van der Waals surface area (Å²) in [6, 6.07) is 0.991. The second-order valence-electron chi connectivity index (χ2n) is 4.38. The lowest BCUT2D eigenvalue weighted by Crippen LogP contribution is -2.20. The molecule has 0 saturated heterocycles. The highest BCUT2D eigenvalue weighted by Gasteiger charge is 2.29. The molecule has 23 heavy (non-hydrogen) atoms. The van der Waals surface area contributed by atoms with Crippen molar-refractivity contribution in [1.82, 2.24) is 24.6 Å². The van der Waals surface area contributed by atoms with Crippen LogP contribution in [0.25, 0.3) is 16.9 Å². The van der Waals surface area contributed by atoms with Crippen LogP contribution in [0, 0.1) is 5.82 Å². The first-order valence-corrected chi connectivity index (χ1v) is 6.84. The van der Waals surface area contributed by atoms with Crippen LogP contribution in [0.15, 0.2) is 29.4 Å². The summed E-state index contributed by atoms with van der Waals surface area (Å²) in [5.74, 6) is -1.74. The van der Waals surface area contributed by atoms with Crippen LogP contribution in [0.5, 0.6) is 5.88 Å². The summed E-state index contributed by atoms with van der Waals surface area (Å²) in [7, 11) is 0. The van der Waals surface area contributed by atoms with E-state index in [-0.39, 0.29) is 5.56 Å². The van der Waals surface area contributed by atoms with Gasteiger partial charge in [-0.15, -0.1) is 10.2 Å². The van der Waals surface area contributed by atoms with Gasteiger partial charge < -0.3 is 4.74 Å². The minimum absolute atomic E-state index is 0.268. The van der Waals surface area contributed by atoms with Crippen molar-refractivity contribution in [2.24, 2.45) is 0 Å². The molecule has 0 aliphatic carbocycles. The number of hydrogen-bond acceptors (Lipinski definition) is 5. The van der Waals surface area contributed by atoms with Crippen molar-refractivity contribution in [2.75, 3.05) is 6.61 Å². The second kappa shape index (κ2) is 5.72. The van der Waals surface area contributed by atoms with Gasteiger partial charge in [-0.2, -0.15) is 13.2 Å². The summed E-state index contributed by atoms with van der Waals surface area (Å²) in [4.78, 5) is 7.63. The van der Waals surface area contributed by atoms with Gasteiger partial charge in [0.1, 0.15) is 0 Å². The number of fused-ring (bicyclic) bond motifs is 1. The zero-order valence-electron chi connectivity index (χ0n) is 11.1. The molecule has 3 aromatic heterocycles. The summed E-state index contributed by atoms with van der Waals surface area (Å²) in [5, 5.41) is 7.60. The van der Waals surface area contributed by atoms with E-state index in [9.17, 15) is 17.6 Å². The molecular weight excluding hydrogens is 386 g/mol. The van der Waals surface area contributed by atoms with Crippen molar-refractivity contribution in [3.05, 3.63) is 35.2 Å². The van der Waals surface area contributed by atoms with E-state index in [4.69, 9.17) is 0 Å². The maximum atomic E-state index is 13.8. The van der Waals surface area contributed by atoms with Crippen molar-refractivity contribution in [1.29, 1.82) is 0 Å². The van der Waals surface area contributed by atoms with Gasteiger partial charge in [-0.05, 0) is 22.0 Å². The van der Waals surface area contributed by atoms with E-state index >= 15 is 0 Å². The molecular formula is C12H6BrF4N5O. The maximum absolute atomic E-state index is 13.8. The summed E-state index contributed by atoms with van der Waals surface area (Å²) >= 11 is 3.18. The molecule has 0 fully saturated rings. The Morgan fingerprint density at radius 1 is 1.17 bits per heavy atom. The van der Waals surface area contributed by atoms with Gasteiger partial charge in [-0.3, -0.25) is 9.38 Å². The molecule has 0 bridgehead atoms. The quantitative estimate of drug-likeness (QED) is 0.642. The molecule has 120 valence electrons. The molecule has 0 atom stereocenters.